The van der Waals surface area contributed by atoms with Crippen molar-refractivity contribution < 1.29 is 4.52 Å². The molecule has 0 atom stereocenters. The van der Waals surface area contributed by atoms with Crippen molar-refractivity contribution in [3.05, 3.63) is 46.8 Å². The zero-order chi connectivity index (χ0) is 14.8. The Kier molecular flexibility index (Phi) is 3.74. The first kappa shape index (κ1) is 13.8. The van der Waals surface area contributed by atoms with E-state index in [0.29, 0.717) is 5.75 Å². The van der Waals surface area contributed by atoms with Crippen molar-refractivity contribution in [2.24, 2.45) is 0 Å². The highest BCUT2D eigenvalue weighted by Crippen LogP contribution is 2.24. The molecule has 0 bridgehead atoms. The highest BCUT2D eigenvalue weighted by Gasteiger charge is 2.12. The minimum Gasteiger partial charge on any atom is -0.360 e. The predicted molar refractivity (Wildman–Crippen MR) is 79.4 cm³/mol. The van der Waals surface area contributed by atoms with Crippen molar-refractivity contribution in [2.45, 2.75) is 31.7 Å². The average molecular weight is 301 g/mol. The van der Waals surface area contributed by atoms with E-state index in [1.807, 2.05) is 19.1 Å². The number of thioether (sulfide) groups is 1. The van der Waals surface area contributed by atoms with Gasteiger partial charge in [0.25, 0.3) is 0 Å². The SMILES string of the molecule is Cc1ccc(-n2nnnc2SCc2cc(C)no2)c(C)c1. The van der Waals surface area contributed by atoms with Gasteiger partial charge in [0.05, 0.1) is 17.1 Å². The van der Waals surface area contributed by atoms with Gasteiger partial charge in [-0.25, -0.2) is 0 Å². The standard InChI is InChI=1S/C14H15N5OS/c1-9-4-5-13(10(2)6-9)19-14(15-17-18-19)21-8-12-7-11(3)16-20-12/h4-7H,8H2,1-3H3. The third-order valence-electron chi connectivity index (χ3n) is 3.04. The van der Waals surface area contributed by atoms with Crippen LogP contribution in [-0.4, -0.2) is 25.4 Å². The molecule has 21 heavy (non-hydrogen) atoms. The molecule has 0 spiro atoms. The maximum absolute atomic E-state index is 5.20. The van der Waals surface area contributed by atoms with Crippen molar-refractivity contribution in [3.8, 4) is 5.69 Å². The van der Waals surface area contributed by atoms with E-state index in [-0.39, 0.29) is 0 Å². The summed E-state index contributed by atoms with van der Waals surface area (Å²) in [5.41, 5.74) is 4.22. The lowest BCUT2D eigenvalue weighted by Gasteiger charge is -2.07. The summed E-state index contributed by atoms with van der Waals surface area (Å²) in [7, 11) is 0. The van der Waals surface area contributed by atoms with E-state index >= 15 is 0 Å². The Morgan fingerprint density at radius 2 is 2.05 bits per heavy atom. The largest absolute Gasteiger partial charge is 0.360 e. The molecule has 6 nitrogen and oxygen atoms in total. The lowest BCUT2D eigenvalue weighted by Crippen LogP contribution is -2.01. The minimum absolute atomic E-state index is 0.645. The molecule has 0 saturated heterocycles. The van der Waals surface area contributed by atoms with Gasteiger partial charge in [-0.2, -0.15) is 4.68 Å². The summed E-state index contributed by atoms with van der Waals surface area (Å²) in [5.74, 6) is 1.46. The molecule has 0 saturated carbocycles. The third kappa shape index (κ3) is 2.97. The van der Waals surface area contributed by atoms with E-state index in [2.05, 4.69) is 46.7 Å². The van der Waals surface area contributed by atoms with Crippen LogP contribution >= 0.6 is 11.8 Å². The Morgan fingerprint density at radius 1 is 1.19 bits per heavy atom. The molecule has 2 heterocycles. The van der Waals surface area contributed by atoms with Gasteiger partial charge in [0.1, 0.15) is 5.76 Å². The molecular formula is C14H15N5OS. The molecule has 0 N–H and O–H groups in total. The monoisotopic (exact) mass is 301 g/mol. The predicted octanol–water partition coefficient (Wildman–Crippen LogP) is 2.87. The lowest BCUT2D eigenvalue weighted by atomic mass is 10.1. The number of aromatic nitrogens is 5. The number of nitrogens with zero attached hydrogens (tertiary/aromatic N) is 5. The zero-order valence-corrected chi connectivity index (χ0v) is 12.9. The van der Waals surface area contributed by atoms with Crippen LogP contribution in [0.1, 0.15) is 22.6 Å². The number of hydrogen-bond donors (Lipinski definition) is 0. The Balaban J connectivity index is 1.83. The molecule has 7 heteroatoms. The van der Waals surface area contributed by atoms with Crippen LogP contribution in [0.2, 0.25) is 0 Å². The summed E-state index contributed by atoms with van der Waals surface area (Å²) in [6.45, 7) is 6.02. The number of tetrazole rings is 1. The maximum atomic E-state index is 5.20. The van der Waals surface area contributed by atoms with Crippen LogP contribution in [0.5, 0.6) is 0 Å². The number of hydrogen-bond acceptors (Lipinski definition) is 6. The first-order chi connectivity index (χ1) is 10.1. The summed E-state index contributed by atoms with van der Waals surface area (Å²) in [4.78, 5) is 0. The van der Waals surface area contributed by atoms with Gasteiger partial charge in [0.15, 0.2) is 0 Å². The fourth-order valence-corrected chi connectivity index (χ4v) is 2.84. The molecule has 0 aliphatic heterocycles. The second-order valence-corrected chi connectivity index (χ2v) is 5.83. The second kappa shape index (κ2) is 5.69. The normalized spacial score (nSPS) is 11.0. The van der Waals surface area contributed by atoms with Gasteiger partial charge in [0, 0.05) is 6.07 Å². The van der Waals surface area contributed by atoms with Gasteiger partial charge < -0.3 is 4.52 Å². The Bertz CT molecular complexity index is 764. The molecule has 108 valence electrons. The Labute approximate surface area is 126 Å². The van der Waals surface area contributed by atoms with E-state index in [4.69, 9.17) is 4.52 Å². The van der Waals surface area contributed by atoms with Crippen molar-refractivity contribution in [3.63, 3.8) is 0 Å². The summed E-state index contributed by atoms with van der Waals surface area (Å²) >= 11 is 1.52. The van der Waals surface area contributed by atoms with Crippen molar-refractivity contribution in [2.75, 3.05) is 0 Å². The van der Waals surface area contributed by atoms with Crippen molar-refractivity contribution in [1.29, 1.82) is 0 Å². The van der Waals surface area contributed by atoms with Crippen LogP contribution in [0.3, 0.4) is 0 Å². The van der Waals surface area contributed by atoms with Gasteiger partial charge in [0.2, 0.25) is 5.16 Å². The molecule has 0 aliphatic carbocycles. The average Bonchev–Trinajstić information content (AvgIpc) is 3.05. The van der Waals surface area contributed by atoms with E-state index < -0.39 is 0 Å². The molecule has 1 aromatic carbocycles. The Morgan fingerprint density at radius 3 is 2.76 bits per heavy atom. The zero-order valence-electron chi connectivity index (χ0n) is 12.1. The minimum atomic E-state index is 0.645. The highest BCUT2D eigenvalue weighted by molar-refractivity contribution is 7.98. The molecule has 0 aliphatic rings. The Hall–Kier alpha value is -2.15. The van der Waals surface area contributed by atoms with E-state index in [0.717, 1.165) is 27.9 Å². The van der Waals surface area contributed by atoms with Crippen LogP contribution in [0.15, 0.2) is 33.9 Å². The van der Waals surface area contributed by atoms with Gasteiger partial charge in [-0.3, -0.25) is 0 Å². The molecule has 3 rings (SSSR count). The van der Waals surface area contributed by atoms with Gasteiger partial charge in [-0.15, -0.1) is 5.10 Å². The highest BCUT2D eigenvalue weighted by atomic mass is 32.2. The van der Waals surface area contributed by atoms with Gasteiger partial charge in [-0.1, -0.05) is 34.6 Å². The van der Waals surface area contributed by atoms with Crippen LogP contribution < -0.4 is 0 Å². The van der Waals surface area contributed by atoms with Crippen LogP contribution in [0.4, 0.5) is 0 Å². The topological polar surface area (TPSA) is 69.6 Å². The van der Waals surface area contributed by atoms with Crippen LogP contribution in [0, 0.1) is 20.8 Å². The molecule has 0 radical (unpaired) electrons. The molecular weight excluding hydrogens is 286 g/mol. The fourth-order valence-electron chi connectivity index (χ4n) is 2.08. The molecule has 3 aromatic rings. The molecule has 0 fully saturated rings. The van der Waals surface area contributed by atoms with Crippen molar-refractivity contribution >= 4 is 11.8 Å². The third-order valence-corrected chi connectivity index (χ3v) is 3.98. The smallest absolute Gasteiger partial charge is 0.214 e. The number of aryl methyl sites for hydroxylation is 3. The number of benzene rings is 1. The van der Waals surface area contributed by atoms with Gasteiger partial charge >= 0.3 is 0 Å². The van der Waals surface area contributed by atoms with Gasteiger partial charge in [-0.05, 0) is 42.8 Å². The molecule has 2 aromatic heterocycles. The fraction of sp³-hybridized carbons (Fsp3) is 0.286. The second-order valence-electron chi connectivity index (χ2n) is 4.89. The quantitative estimate of drug-likeness (QED) is 0.690. The maximum Gasteiger partial charge on any atom is 0.214 e. The van der Waals surface area contributed by atoms with Crippen LogP contribution in [0.25, 0.3) is 5.69 Å². The van der Waals surface area contributed by atoms with Crippen molar-refractivity contribution in [1.82, 2.24) is 25.4 Å². The molecule has 0 unspecified atom stereocenters. The van der Waals surface area contributed by atoms with Crippen LogP contribution in [-0.2, 0) is 5.75 Å². The van der Waals surface area contributed by atoms with E-state index in [1.165, 1.54) is 17.3 Å². The summed E-state index contributed by atoms with van der Waals surface area (Å²) in [6, 6.07) is 8.12. The van der Waals surface area contributed by atoms with E-state index in [1.54, 1.807) is 4.68 Å². The first-order valence-corrected chi connectivity index (χ1v) is 7.53. The molecule has 0 amide bonds. The number of rotatable bonds is 4. The summed E-state index contributed by atoms with van der Waals surface area (Å²) in [5, 5.41) is 16.5. The summed E-state index contributed by atoms with van der Waals surface area (Å²) < 4.78 is 6.95. The summed E-state index contributed by atoms with van der Waals surface area (Å²) in [6.07, 6.45) is 0. The van der Waals surface area contributed by atoms with E-state index in [9.17, 15) is 0 Å². The first-order valence-electron chi connectivity index (χ1n) is 6.54. The lowest BCUT2D eigenvalue weighted by molar-refractivity contribution is 0.391.